The lowest BCUT2D eigenvalue weighted by atomic mass is 10.1. The van der Waals surface area contributed by atoms with Crippen molar-refractivity contribution in [2.75, 3.05) is 11.9 Å². The van der Waals surface area contributed by atoms with Crippen molar-refractivity contribution in [3.05, 3.63) is 58.1 Å². The van der Waals surface area contributed by atoms with Gasteiger partial charge in [0.1, 0.15) is 5.82 Å². The Kier molecular flexibility index (Phi) is 4.42. The second kappa shape index (κ2) is 6.09. The Hall–Kier alpha value is -2.15. The molecule has 0 heterocycles. The van der Waals surface area contributed by atoms with Gasteiger partial charge in [-0.05, 0) is 52.3 Å². The van der Waals surface area contributed by atoms with Crippen LogP contribution in [0.2, 0.25) is 0 Å². The highest BCUT2D eigenvalue weighted by molar-refractivity contribution is 9.10. The number of anilines is 2. The summed E-state index contributed by atoms with van der Waals surface area (Å²) in [4.78, 5) is 1.57. The Morgan fingerprint density at radius 3 is 2.38 bits per heavy atom. The molecule has 2 aromatic rings. The van der Waals surface area contributed by atoms with E-state index in [0.29, 0.717) is 5.69 Å². The van der Waals surface area contributed by atoms with Crippen LogP contribution in [0.4, 0.5) is 20.2 Å². The van der Waals surface area contributed by atoms with E-state index in [4.69, 9.17) is 10.9 Å². The lowest BCUT2D eigenvalue weighted by Gasteiger charge is -2.21. The molecule has 0 aliphatic heterocycles. The van der Waals surface area contributed by atoms with Crippen LogP contribution in [0.5, 0.6) is 0 Å². The molecule has 0 saturated heterocycles. The fraction of sp³-hybridized carbons (Fsp3) is 0.0714. The molecular weight excluding hydrogens is 344 g/mol. The summed E-state index contributed by atoms with van der Waals surface area (Å²) in [7, 11) is 1.65. The molecular formula is C14H12BrF2N3O. The number of oxime groups is 1. The van der Waals surface area contributed by atoms with Crippen molar-refractivity contribution >= 4 is 33.1 Å². The van der Waals surface area contributed by atoms with Gasteiger partial charge < -0.3 is 15.8 Å². The average Bonchev–Trinajstić information content (AvgIpc) is 2.49. The third-order valence-electron chi connectivity index (χ3n) is 3.02. The SMILES string of the molecule is CN(c1ccc(F)cc1)c1ccc(/C(N)=N/O)c(Br)c1F. The molecule has 0 atom stereocenters. The van der Waals surface area contributed by atoms with Crippen molar-refractivity contribution in [3.8, 4) is 0 Å². The van der Waals surface area contributed by atoms with Crippen LogP contribution in [0.1, 0.15) is 5.56 Å². The first-order chi connectivity index (χ1) is 9.95. The Balaban J connectivity index is 2.45. The van der Waals surface area contributed by atoms with Gasteiger partial charge in [-0.15, -0.1) is 0 Å². The van der Waals surface area contributed by atoms with Gasteiger partial charge in [0.25, 0.3) is 0 Å². The van der Waals surface area contributed by atoms with E-state index in [9.17, 15) is 8.78 Å². The van der Waals surface area contributed by atoms with Gasteiger partial charge in [0.15, 0.2) is 11.7 Å². The van der Waals surface area contributed by atoms with Crippen LogP contribution in [-0.2, 0) is 0 Å². The Bertz CT molecular complexity index is 689. The minimum absolute atomic E-state index is 0.0873. The van der Waals surface area contributed by atoms with Crippen LogP contribution in [-0.4, -0.2) is 18.1 Å². The first-order valence-corrected chi connectivity index (χ1v) is 6.70. The smallest absolute Gasteiger partial charge is 0.171 e. The Labute approximate surface area is 128 Å². The van der Waals surface area contributed by atoms with Crippen LogP contribution in [0.3, 0.4) is 0 Å². The van der Waals surface area contributed by atoms with Gasteiger partial charge in [0, 0.05) is 18.3 Å². The molecule has 2 rings (SSSR count). The minimum Gasteiger partial charge on any atom is -0.409 e. The summed E-state index contributed by atoms with van der Waals surface area (Å²) in [6.07, 6.45) is 0. The van der Waals surface area contributed by atoms with Crippen LogP contribution in [0, 0.1) is 11.6 Å². The highest BCUT2D eigenvalue weighted by atomic mass is 79.9. The van der Waals surface area contributed by atoms with Crippen LogP contribution >= 0.6 is 15.9 Å². The van der Waals surface area contributed by atoms with E-state index in [1.54, 1.807) is 24.1 Å². The second-order valence-electron chi connectivity index (χ2n) is 4.28. The van der Waals surface area contributed by atoms with Gasteiger partial charge in [0.2, 0.25) is 0 Å². The molecule has 0 unspecified atom stereocenters. The molecule has 3 N–H and O–H groups in total. The number of amidine groups is 1. The van der Waals surface area contributed by atoms with Crippen LogP contribution in [0.15, 0.2) is 46.0 Å². The summed E-state index contributed by atoms with van der Waals surface area (Å²) in [5.41, 5.74) is 6.60. The van der Waals surface area contributed by atoms with Gasteiger partial charge in [-0.1, -0.05) is 5.16 Å². The highest BCUT2D eigenvalue weighted by Crippen LogP contribution is 2.32. The topological polar surface area (TPSA) is 61.8 Å². The van der Waals surface area contributed by atoms with Crippen LogP contribution in [0.25, 0.3) is 0 Å². The summed E-state index contributed by atoms with van der Waals surface area (Å²) >= 11 is 3.09. The van der Waals surface area contributed by atoms with Gasteiger partial charge in [-0.2, -0.15) is 0 Å². The van der Waals surface area contributed by atoms with Gasteiger partial charge in [0.05, 0.1) is 10.2 Å². The lowest BCUT2D eigenvalue weighted by Crippen LogP contribution is -2.17. The first-order valence-electron chi connectivity index (χ1n) is 5.91. The number of halogens is 3. The quantitative estimate of drug-likeness (QED) is 0.382. The van der Waals surface area contributed by atoms with Gasteiger partial charge in [-0.3, -0.25) is 0 Å². The summed E-state index contributed by atoms with van der Waals surface area (Å²) in [5, 5.41) is 11.5. The molecule has 0 spiro atoms. The summed E-state index contributed by atoms with van der Waals surface area (Å²) < 4.78 is 27.4. The fourth-order valence-electron chi connectivity index (χ4n) is 1.85. The predicted molar refractivity (Wildman–Crippen MR) is 81.1 cm³/mol. The number of nitrogens with zero attached hydrogens (tertiary/aromatic N) is 2. The van der Waals surface area contributed by atoms with E-state index in [-0.39, 0.29) is 27.4 Å². The molecule has 110 valence electrons. The first kappa shape index (κ1) is 15.2. The minimum atomic E-state index is -0.564. The van der Waals surface area contributed by atoms with Crippen molar-refractivity contribution in [3.63, 3.8) is 0 Å². The molecule has 0 amide bonds. The number of rotatable bonds is 3. The normalized spacial score (nSPS) is 11.5. The fourth-order valence-corrected chi connectivity index (χ4v) is 2.39. The molecule has 21 heavy (non-hydrogen) atoms. The standard InChI is InChI=1S/C14H12BrF2N3O/c1-20(9-4-2-8(16)3-5-9)11-7-6-10(14(18)19-21)12(15)13(11)17/h2-7,21H,1H3,(H2,18,19). The van der Waals surface area contributed by atoms with Crippen molar-refractivity contribution in [2.24, 2.45) is 10.9 Å². The third-order valence-corrected chi connectivity index (χ3v) is 3.80. The van der Waals surface area contributed by atoms with E-state index in [0.717, 1.165) is 0 Å². The molecule has 0 aliphatic carbocycles. The Morgan fingerprint density at radius 1 is 1.19 bits per heavy atom. The molecule has 0 bridgehead atoms. The maximum atomic E-state index is 14.4. The zero-order valence-corrected chi connectivity index (χ0v) is 12.6. The number of nitrogens with two attached hydrogens (primary N) is 1. The zero-order chi connectivity index (χ0) is 15.6. The molecule has 0 aliphatic rings. The maximum Gasteiger partial charge on any atom is 0.171 e. The third kappa shape index (κ3) is 2.97. The highest BCUT2D eigenvalue weighted by Gasteiger charge is 2.17. The van der Waals surface area contributed by atoms with E-state index in [2.05, 4.69) is 21.1 Å². The molecule has 2 aromatic carbocycles. The maximum absolute atomic E-state index is 14.4. The molecule has 0 saturated carbocycles. The van der Waals surface area contributed by atoms with E-state index in [1.807, 2.05) is 0 Å². The monoisotopic (exact) mass is 355 g/mol. The molecule has 4 nitrogen and oxygen atoms in total. The summed E-state index contributed by atoms with van der Waals surface area (Å²) in [5.74, 6) is -1.13. The number of benzene rings is 2. The van der Waals surface area contributed by atoms with Crippen molar-refractivity contribution in [1.29, 1.82) is 0 Å². The second-order valence-corrected chi connectivity index (χ2v) is 5.07. The van der Waals surface area contributed by atoms with E-state index >= 15 is 0 Å². The summed E-state index contributed by atoms with van der Waals surface area (Å²) in [6.45, 7) is 0. The van der Waals surface area contributed by atoms with Gasteiger partial charge in [-0.25, -0.2) is 8.78 Å². The average molecular weight is 356 g/mol. The molecule has 0 fully saturated rings. The number of hydrogen-bond donors (Lipinski definition) is 2. The van der Waals surface area contributed by atoms with Crippen molar-refractivity contribution in [1.82, 2.24) is 0 Å². The lowest BCUT2D eigenvalue weighted by molar-refractivity contribution is 0.318. The molecule has 7 heteroatoms. The van der Waals surface area contributed by atoms with Crippen molar-refractivity contribution < 1.29 is 14.0 Å². The van der Waals surface area contributed by atoms with E-state index < -0.39 is 5.82 Å². The molecule has 0 radical (unpaired) electrons. The Morgan fingerprint density at radius 2 is 1.81 bits per heavy atom. The van der Waals surface area contributed by atoms with Crippen molar-refractivity contribution in [2.45, 2.75) is 0 Å². The van der Waals surface area contributed by atoms with Crippen LogP contribution < -0.4 is 10.6 Å². The largest absolute Gasteiger partial charge is 0.409 e. The van der Waals surface area contributed by atoms with Gasteiger partial charge >= 0.3 is 0 Å². The zero-order valence-electron chi connectivity index (χ0n) is 11.0. The molecule has 0 aromatic heterocycles. The summed E-state index contributed by atoms with van der Waals surface area (Å²) in [6, 6.07) is 8.70. The number of hydrogen-bond acceptors (Lipinski definition) is 3. The predicted octanol–water partition coefficient (Wildman–Crippen LogP) is 3.59. The van der Waals surface area contributed by atoms with E-state index in [1.165, 1.54) is 24.3 Å².